The molecular formula is C24H18Cl2N4O2S. The predicted octanol–water partition coefficient (Wildman–Crippen LogP) is 5.63. The predicted molar refractivity (Wildman–Crippen MR) is 132 cm³/mol. The molecule has 0 spiro atoms. The standard InChI is InChI=1S/C24H18Cl2N4O2S/c1-29-9-10-30-23(31)21(32-14-15-5-3-2-4-6-15)20(28-24(29)30)22-27-13-17(33-22)11-16-7-8-18(25)19(26)12-16/h2-10,12-13H,11,14H2,1H3. The Kier molecular flexibility index (Phi) is 5.93. The van der Waals surface area contributed by atoms with Gasteiger partial charge in [0.05, 0.1) is 10.0 Å². The molecular weight excluding hydrogens is 479 g/mol. The fraction of sp³-hybridized carbons (Fsp3) is 0.125. The van der Waals surface area contributed by atoms with Gasteiger partial charge in [-0.1, -0.05) is 59.6 Å². The summed E-state index contributed by atoms with van der Waals surface area (Å²) in [5, 5.41) is 1.65. The zero-order chi connectivity index (χ0) is 22.9. The summed E-state index contributed by atoms with van der Waals surface area (Å²) in [6.07, 6.45) is 5.89. The molecule has 5 rings (SSSR count). The molecule has 3 heterocycles. The average molecular weight is 497 g/mol. The van der Waals surface area contributed by atoms with Crippen molar-refractivity contribution in [3.05, 3.63) is 104 Å². The van der Waals surface area contributed by atoms with Crippen LogP contribution in [0.5, 0.6) is 5.75 Å². The Morgan fingerprint density at radius 3 is 2.64 bits per heavy atom. The van der Waals surface area contributed by atoms with Gasteiger partial charge < -0.3 is 9.30 Å². The summed E-state index contributed by atoms with van der Waals surface area (Å²) >= 11 is 13.6. The van der Waals surface area contributed by atoms with Crippen LogP contribution in [0.4, 0.5) is 0 Å². The van der Waals surface area contributed by atoms with E-state index >= 15 is 0 Å². The van der Waals surface area contributed by atoms with E-state index in [4.69, 9.17) is 32.9 Å². The number of imidazole rings is 1. The number of fused-ring (bicyclic) bond motifs is 1. The maximum Gasteiger partial charge on any atom is 0.302 e. The Morgan fingerprint density at radius 2 is 1.85 bits per heavy atom. The number of nitrogens with zero attached hydrogens (tertiary/aromatic N) is 4. The van der Waals surface area contributed by atoms with Gasteiger partial charge in [0.1, 0.15) is 11.6 Å². The van der Waals surface area contributed by atoms with Gasteiger partial charge in [0, 0.05) is 36.9 Å². The number of benzene rings is 2. The summed E-state index contributed by atoms with van der Waals surface area (Å²) in [6, 6.07) is 15.3. The lowest BCUT2D eigenvalue weighted by Crippen LogP contribution is -2.19. The summed E-state index contributed by atoms with van der Waals surface area (Å²) in [5.74, 6) is 0.696. The van der Waals surface area contributed by atoms with Gasteiger partial charge in [0.25, 0.3) is 0 Å². The second kappa shape index (κ2) is 9.02. The van der Waals surface area contributed by atoms with Crippen molar-refractivity contribution in [1.29, 1.82) is 0 Å². The molecule has 0 saturated carbocycles. The van der Waals surface area contributed by atoms with Crippen LogP contribution < -0.4 is 10.3 Å². The molecule has 2 aromatic carbocycles. The molecule has 9 heteroatoms. The van der Waals surface area contributed by atoms with Crippen molar-refractivity contribution in [2.75, 3.05) is 0 Å². The van der Waals surface area contributed by atoms with E-state index in [1.165, 1.54) is 15.7 Å². The van der Waals surface area contributed by atoms with E-state index in [0.717, 1.165) is 16.0 Å². The van der Waals surface area contributed by atoms with Gasteiger partial charge in [0.15, 0.2) is 5.69 Å². The van der Waals surface area contributed by atoms with Crippen molar-refractivity contribution in [2.24, 2.45) is 7.05 Å². The van der Waals surface area contributed by atoms with Crippen molar-refractivity contribution in [3.8, 4) is 16.5 Å². The minimum Gasteiger partial charge on any atom is -0.481 e. The van der Waals surface area contributed by atoms with Gasteiger partial charge in [-0.05, 0) is 23.3 Å². The Morgan fingerprint density at radius 1 is 1.03 bits per heavy atom. The first-order valence-corrected chi connectivity index (χ1v) is 11.7. The van der Waals surface area contributed by atoms with Crippen molar-refractivity contribution in [1.82, 2.24) is 18.9 Å². The number of hydrogen-bond acceptors (Lipinski definition) is 5. The number of ether oxygens (including phenoxy) is 1. The third kappa shape index (κ3) is 4.39. The molecule has 6 nitrogen and oxygen atoms in total. The summed E-state index contributed by atoms with van der Waals surface area (Å²) in [7, 11) is 1.84. The summed E-state index contributed by atoms with van der Waals surface area (Å²) in [5.41, 5.74) is 2.14. The van der Waals surface area contributed by atoms with Crippen LogP contribution >= 0.6 is 34.5 Å². The highest BCUT2D eigenvalue weighted by molar-refractivity contribution is 7.15. The molecule has 0 N–H and O–H groups in total. The van der Waals surface area contributed by atoms with E-state index in [1.54, 1.807) is 29.2 Å². The van der Waals surface area contributed by atoms with Gasteiger partial charge >= 0.3 is 5.56 Å². The molecule has 33 heavy (non-hydrogen) atoms. The fourth-order valence-electron chi connectivity index (χ4n) is 3.48. The van der Waals surface area contributed by atoms with Gasteiger partial charge in [-0.2, -0.15) is 0 Å². The van der Waals surface area contributed by atoms with E-state index in [0.29, 0.717) is 32.9 Å². The number of aryl methyl sites for hydroxylation is 1. The number of halogens is 2. The van der Waals surface area contributed by atoms with E-state index in [-0.39, 0.29) is 17.9 Å². The quantitative estimate of drug-likeness (QED) is 0.305. The van der Waals surface area contributed by atoms with Crippen LogP contribution in [0.2, 0.25) is 10.0 Å². The van der Waals surface area contributed by atoms with Crippen molar-refractivity contribution in [3.63, 3.8) is 0 Å². The molecule has 0 aliphatic rings. The highest BCUT2D eigenvalue weighted by atomic mass is 35.5. The summed E-state index contributed by atoms with van der Waals surface area (Å²) < 4.78 is 9.28. The molecule has 0 bridgehead atoms. The van der Waals surface area contributed by atoms with Gasteiger partial charge in [-0.15, -0.1) is 11.3 Å². The smallest absolute Gasteiger partial charge is 0.302 e. The molecule has 0 fully saturated rings. The minimum absolute atomic E-state index is 0.179. The van der Waals surface area contributed by atoms with Gasteiger partial charge in [-0.3, -0.25) is 4.79 Å². The van der Waals surface area contributed by atoms with Crippen molar-refractivity contribution < 1.29 is 4.74 Å². The maximum absolute atomic E-state index is 13.3. The number of hydrogen-bond donors (Lipinski definition) is 0. The molecule has 0 aliphatic heterocycles. The average Bonchev–Trinajstić information content (AvgIpc) is 3.43. The van der Waals surface area contributed by atoms with Crippen LogP contribution in [0, 0.1) is 0 Å². The second-order valence-corrected chi connectivity index (χ2v) is 9.43. The first-order valence-electron chi connectivity index (χ1n) is 10.1. The number of aromatic nitrogens is 4. The number of thiazole rings is 1. The third-order valence-corrected chi connectivity index (χ3v) is 6.90. The van der Waals surface area contributed by atoms with Crippen LogP contribution in [0.15, 0.2) is 71.9 Å². The zero-order valence-corrected chi connectivity index (χ0v) is 19.9. The Balaban J connectivity index is 1.53. The first kappa shape index (κ1) is 21.7. The van der Waals surface area contributed by atoms with E-state index in [2.05, 4.69) is 4.98 Å². The van der Waals surface area contributed by atoms with Crippen LogP contribution in [0.3, 0.4) is 0 Å². The maximum atomic E-state index is 13.3. The number of rotatable bonds is 6. The lowest BCUT2D eigenvalue weighted by atomic mass is 10.1. The highest BCUT2D eigenvalue weighted by Crippen LogP contribution is 2.32. The molecule has 5 aromatic rings. The fourth-order valence-corrected chi connectivity index (χ4v) is 4.73. The molecule has 166 valence electrons. The summed E-state index contributed by atoms with van der Waals surface area (Å²) in [4.78, 5) is 23.6. The van der Waals surface area contributed by atoms with Crippen LogP contribution in [0.1, 0.15) is 16.0 Å². The molecule has 3 aromatic heterocycles. The van der Waals surface area contributed by atoms with Crippen LogP contribution in [-0.4, -0.2) is 18.9 Å². The van der Waals surface area contributed by atoms with Crippen LogP contribution in [0.25, 0.3) is 16.5 Å². The van der Waals surface area contributed by atoms with E-state index in [1.807, 2.05) is 49.5 Å². The molecule has 0 amide bonds. The lowest BCUT2D eigenvalue weighted by molar-refractivity contribution is 0.301. The van der Waals surface area contributed by atoms with Crippen molar-refractivity contribution >= 4 is 40.3 Å². The van der Waals surface area contributed by atoms with Crippen molar-refractivity contribution in [2.45, 2.75) is 13.0 Å². The van der Waals surface area contributed by atoms with Gasteiger partial charge in [0.2, 0.25) is 11.5 Å². The Labute approximate surface area is 203 Å². The second-order valence-electron chi connectivity index (χ2n) is 7.50. The molecule has 0 radical (unpaired) electrons. The minimum atomic E-state index is -0.271. The zero-order valence-electron chi connectivity index (χ0n) is 17.5. The lowest BCUT2D eigenvalue weighted by Gasteiger charge is -2.10. The largest absolute Gasteiger partial charge is 0.481 e. The topological polar surface area (TPSA) is 61.4 Å². The van der Waals surface area contributed by atoms with Crippen LogP contribution in [-0.2, 0) is 20.1 Å². The summed E-state index contributed by atoms with van der Waals surface area (Å²) in [6.45, 7) is 0.255. The van der Waals surface area contributed by atoms with E-state index < -0.39 is 0 Å². The monoisotopic (exact) mass is 496 g/mol. The normalized spacial score (nSPS) is 11.2. The Bertz CT molecular complexity index is 1510. The molecule has 0 aliphatic carbocycles. The third-order valence-electron chi connectivity index (χ3n) is 5.15. The SMILES string of the molecule is Cn1ccn2c(=O)c(OCc3ccccc3)c(-c3ncc(Cc4ccc(Cl)c(Cl)c4)s3)nc12. The van der Waals surface area contributed by atoms with Gasteiger partial charge in [-0.25, -0.2) is 14.4 Å². The first-order chi connectivity index (χ1) is 16.0. The molecule has 0 unspecified atom stereocenters. The van der Waals surface area contributed by atoms with E-state index in [9.17, 15) is 4.79 Å². The Hall–Kier alpha value is -3.13. The molecule has 0 atom stereocenters. The molecule has 0 saturated heterocycles. The highest BCUT2D eigenvalue weighted by Gasteiger charge is 2.20.